The van der Waals surface area contributed by atoms with Crippen LogP contribution in [0.25, 0.3) is 0 Å². The van der Waals surface area contributed by atoms with Crippen LogP contribution in [0, 0.1) is 28.6 Å². The molecule has 0 heterocycles. The van der Waals surface area contributed by atoms with Crippen molar-refractivity contribution in [3.8, 4) is 5.75 Å². The molecule has 0 aromatic heterocycles. The second-order valence-electron chi connectivity index (χ2n) is 10.7. The third kappa shape index (κ3) is 3.16. The summed E-state index contributed by atoms with van der Waals surface area (Å²) < 4.78 is 11.5. The molecule has 4 aliphatic carbocycles. The van der Waals surface area contributed by atoms with E-state index in [1.54, 1.807) is 13.2 Å². The molecule has 5 rings (SSSR count). The lowest BCUT2D eigenvalue weighted by Gasteiger charge is -2.57. The molecule has 3 saturated carbocycles. The molecule has 4 heteroatoms. The van der Waals surface area contributed by atoms with E-state index >= 15 is 0 Å². The summed E-state index contributed by atoms with van der Waals surface area (Å²) in [6.45, 7) is 4.78. The molecule has 4 aliphatic rings. The molecule has 166 valence electrons. The zero-order chi connectivity index (χ0) is 21.8. The third-order valence-electron chi connectivity index (χ3n) is 9.45. The molecule has 1 aromatic rings. The van der Waals surface area contributed by atoms with E-state index in [9.17, 15) is 9.59 Å². The summed E-state index contributed by atoms with van der Waals surface area (Å²) in [5.41, 5.74) is 2.15. The molecule has 0 amide bonds. The third-order valence-corrected chi connectivity index (χ3v) is 9.45. The minimum Gasteiger partial charge on any atom is -0.496 e. The zero-order valence-corrected chi connectivity index (χ0v) is 19.0. The summed E-state index contributed by atoms with van der Waals surface area (Å²) in [6.07, 6.45) is 10.2. The molecule has 3 fully saturated rings. The molecule has 0 aliphatic heterocycles. The van der Waals surface area contributed by atoms with Crippen LogP contribution < -0.4 is 4.74 Å². The molecule has 0 spiro atoms. The highest BCUT2D eigenvalue weighted by Gasteiger charge is 2.60. The first-order chi connectivity index (χ1) is 14.9. The second-order valence-corrected chi connectivity index (χ2v) is 10.7. The lowest BCUT2D eigenvalue weighted by atomic mass is 9.47. The fourth-order valence-corrected chi connectivity index (χ4v) is 7.71. The summed E-state index contributed by atoms with van der Waals surface area (Å²) in [6, 6.07) is 7.32. The van der Waals surface area contributed by atoms with Crippen molar-refractivity contribution < 1.29 is 19.1 Å². The molecule has 0 radical (unpaired) electrons. The predicted molar refractivity (Wildman–Crippen MR) is 119 cm³/mol. The lowest BCUT2D eigenvalue weighted by molar-refractivity contribution is -0.118. The van der Waals surface area contributed by atoms with Gasteiger partial charge in [-0.3, -0.25) is 4.79 Å². The Labute approximate surface area is 185 Å². The highest BCUT2D eigenvalue weighted by atomic mass is 16.5. The van der Waals surface area contributed by atoms with E-state index in [-0.39, 0.29) is 22.9 Å². The first-order valence-electron chi connectivity index (χ1n) is 11.9. The van der Waals surface area contributed by atoms with Crippen molar-refractivity contribution in [1.82, 2.24) is 0 Å². The number of para-hydroxylation sites is 1. The first kappa shape index (κ1) is 20.8. The summed E-state index contributed by atoms with van der Waals surface area (Å²) in [5.74, 6) is 2.54. The van der Waals surface area contributed by atoms with Gasteiger partial charge in [0.05, 0.1) is 7.11 Å². The van der Waals surface area contributed by atoms with Gasteiger partial charge in [0, 0.05) is 11.8 Å². The number of esters is 1. The van der Waals surface area contributed by atoms with Gasteiger partial charge in [-0.25, -0.2) is 4.79 Å². The summed E-state index contributed by atoms with van der Waals surface area (Å²) in [7, 11) is 1.59. The van der Waals surface area contributed by atoms with Crippen LogP contribution in [0.2, 0.25) is 0 Å². The average molecular weight is 423 g/mol. The van der Waals surface area contributed by atoms with Crippen molar-refractivity contribution in [3.63, 3.8) is 0 Å². The molecule has 0 bridgehead atoms. The Morgan fingerprint density at radius 1 is 1.00 bits per heavy atom. The van der Waals surface area contributed by atoms with Crippen LogP contribution in [-0.2, 0) is 9.53 Å². The van der Waals surface area contributed by atoms with Gasteiger partial charge in [0.1, 0.15) is 17.4 Å². The van der Waals surface area contributed by atoms with Gasteiger partial charge in [0.2, 0.25) is 0 Å². The molecule has 0 saturated heterocycles. The number of fused-ring (bicyclic) bond motifs is 5. The van der Waals surface area contributed by atoms with Gasteiger partial charge in [-0.15, -0.1) is 0 Å². The lowest BCUT2D eigenvalue weighted by Crippen LogP contribution is -2.51. The molecule has 6 atom stereocenters. The smallest absolute Gasteiger partial charge is 0.342 e. The van der Waals surface area contributed by atoms with Crippen LogP contribution in [0.1, 0.15) is 75.6 Å². The second kappa shape index (κ2) is 7.50. The molecule has 31 heavy (non-hydrogen) atoms. The molecule has 0 N–H and O–H groups in total. The number of carbonyl (C=O) groups is 2. The van der Waals surface area contributed by atoms with Crippen LogP contribution >= 0.6 is 0 Å². The van der Waals surface area contributed by atoms with Gasteiger partial charge < -0.3 is 9.47 Å². The Bertz CT molecular complexity index is 933. The maximum absolute atomic E-state index is 13.0. The van der Waals surface area contributed by atoms with Gasteiger partial charge >= 0.3 is 5.97 Å². The van der Waals surface area contributed by atoms with Crippen molar-refractivity contribution >= 4 is 11.8 Å². The van der Waals surface area contributed by atoms with Crippen LogP contribution in [0.15, 0.2) is 35.9 Å². The Hall–Kier alpha value is -2.10. The Kier molecular flexibility index (Phi) is 5.02. The maximum atomic E-state index is 13.0. The number of ether oxygens (including phenoxy) is 2. The number of carbonyl (C=O) groups excluding carboxylic acids is 2. The van der Waals surface area contributed by atoms with Crippen molar-refractivity contribution in [2.24, 2.45) is 28.6 Å². The van der Waals surface area contributed by atoms with Crippen molar-refractivity contribution in [1.29, 1.82) is 0 Å². The predicted octanol–water partition coefficient (Wildman–Crippen LogP) is 5.75. The van der Waals surface area contributed by atoms with E-state index in [0.717, 1.165) is 32.1 Å². The first-order valence-corrected chi connectivity index (χ1v) is 11.9. The Balaban J connectivity index is 1.36. The summed E-state index contributed by atoms with van der Waals surface area (Å²) >= 11 is 0. The number of ketones is 1. The Morgan fingerprint density at radius 2 is 1.81 bits per heavy atom. The molecule has 1 aromatic carbocycles. The number of hydrogen-bond acceptors (Lipinski definition) is 4. The minimum absolute atomic E-state index is 0.0338. The van der Waals surface area contributed by atoms with Gasteiger partial charge in [-0.2, -0.15) is 0 Å². The summed E-state index contributed by atoms with van der Waals surface area (Å²) in [5, 5.41) is 0. The minimum atomic E-state index is -0.266. The number of rotatable bonds is 3. The number of methoxy groups -OCH3 is 1. The normalized spacial score (nSPS) is 39.1. The molecular formula is C27H34O4. The van der Waals surface area contributed by atoms with Crippen molar-refractivity contribution in [3.05, 3.63) is 41.5 Å². The van der Waals surface area contributed by atoms with Gasteiger partial charge in [-0.05, 0) is 86.3 Å². The van der Waals surface area contributed by atoms with Crippen LogP contribution in [0.3, 0.4) is 0 Å². The highest BCUT2D eigenvalue weighted by molar-refractivity contribution is 5.92. The van der Waals surface area contributed by atoms with E-state index in [4.69, 9.17) is 9.47 Å². The monoisotopic (exact) mass is 422 g/mol. The SMILES string of the molecule is COc1ccccc1C(=O)OC1CC[C@H]2[C@@H]3CCC4=CC(=O)CC[C@]4(C)[C@@H]3CC[C@]12C. The van der Waals surface area contributed by atoms with Gasteiger partial charge in [0.15, 0.2) is 5.78 Å². The largest absolute Gasteiger partial charge is 0.496 e. The Morgan fingerprint density at radius 3 is 2.61 bits per heavy atom. The average Bonchev–Trinajstić information content (AvgIpc) is 3.10. The number of hydrogen-bond donors (Lipinski definition) is 0. The van der Waals surface area contributed by atoms with Gasteiger partial charge in [0.25, 0.3) is 0 Å². The molecule has 1 unspecified atom stereocenters. The van der Waals surface area contributed by atoms with E-state index in [1.165, 1.54) is 18.4 Å². The van der Waals surface area contributed by atoms with Crippen molar-refractivity contribution in [2.75, 3.05) is 7.11 Å². The standard InChI is InChI=1S/C27H34O4/c1-26-14-12-18(28)16-17(26)8-9-19-21-10-11-24(27(21,2)15-13-22(19)26)31-25(29)20-6-4-5-7-23(20)30-3/h4-7,16,19,21-22,24H,8-15H2,1-3H3/t19-,21-,22+,24?,26-,27-/m0/s1. The highest BCUT2D eigenvalue weighted by Crippen LogP contribution is 2.65. The fourth-order valence-electron chi connectivity index (χ4n) is 7.71. The number of benzene rings is 1. The fraction of sp³-hybridized carbons (Fsp3) is 0.630. The van der Waals surface area contributed by atoms with Crippen molar-refractivity contribution in [2.45, 2.75) is 71.3 Å². The number of allylic oxidation sites excluding steroid dienone is 1. The van der Waals surface area contributed by atoms with Crippen LogP contribution in [0.5, 0.6) is 5.75 Å². The van der Waals surface area contributed by atoms with Crippen LogP contribution in [0.4, 0.5) is 0 Å². The van der Waals surface area contributed by atoms with E-state index in [0.29, 0.717) is 41.3 Å². The maximum Gasteiger partial charge on any atom is 0.342 e. The zero-order valence-electron chi connectivity index (χ0n) is 19.0. The quantitative estimate of drug-likeness (QED) is 0.582. The van der Waals surface area contributed by atoms with E-state index in [2.05, 4.69) is 13.8 Å². The van der Waals surface area contributed by atoms with E-state index in [1.807, 2.05) is 24.3 Å². The topological polar surface area (TPSA) is 52.6 Å². The van der Waals surface area contributed by atoms with Gasteiger partial charge in [-0.1, -0.05) is 31.6 Å². The molecular weight excluding hydrogens is 388 g/mol. The van der Waals surface area contributed by atoms with E-state index < -0.39 is 0 Å². The summed E-state index contributed by atoms with van der Waals surface area (Å²) in [4.78, 5) is 25.0. The van der Waals surface area contributed by atoms with Crippen LogP contribution in [-0.4, -0.2) is 25.0 Å². The molecule has 4 nitrogen and oxygen atoms in total.